The lowest BCUT2D eigenvalue weighted by Crippen LogP contribution is -2.10. The summed E-state index contributed by atoms with van der Waals surface area (Å²) in [5.74, 6) is 0.922. The molecule has 0 fully saturated rings. The van der Waals surface area contributed by atoms with E-state index in [0.717, 1.165) is 16.8 Å². The zero-order chi connectivity index (χ0) is 23.1. The van der Waals surface area contributed by atoms with E-state index in [9.17, 15) is 13.7 Å². The number of hydrogen-bond acceptors (Lipinski definition) is 5. The molecule has 0 aliphatic carbocycles. The van der Waals surface area contributed by atoms with Crippen LogP contribution in [-0.4, -0.2) is 8.42 Å². The standard InChI is InChI=1S/C26H26N2O2S2/c1-19(2)22-13-15-23(16-14-22)28-26(31-18-21-11-9-20(3)10-12-21)25(17-27)32(29,30)24-7-5-4-6-8-24/h4-16,19,28H,18H2,1-3H3. The fourth-order valence-corrected chi connectivity index (χ4v) is 5.57. The zero-order valence-corrected chi connectivity index (χ0v) is 20.0. The van der Waals surface area contributed by atoms with Crippen LogP contribution >= 0.6 is 11.8 Å². The van der Waals surface area contributed by atoms with E-state index in [1.165, 1.54) is 29.5 Å². The summed E-state index contributed by atoms with van der Waals surface area (Å²) < 4.78 is 26.5. The Balaban J connectivity index is 2.00. The third-order valence-corrected chi connectivity index (χ3v) is 7.90. The summed E-state index contributed by atoms with van der Waals surface area (Å²) >= 11 is 1.31. The highest BCUT2D eigenvalue weighted by Gasteiger charge is 2.25. The molecule has 0 unspecified atom stereocenters. The van der Waals surface area contributed by atoms with Gasteiger partial charge in [0.1, 0.15) is 11.1 Å². The number of nitrogens with one attached hydrogen (secondary N) is 1. The van der Waals surface area contributed by atoms with Crippen LogP contribution < -0.4 is 5.32 Å². The summed E-state index contributed by atoms with van der Waals surface area (Å²) in [4.78, 5) is -0.185. The molecule has 3 rings (SSSR count). The smallest absolute Gasteiger partial charge is 0.219 e. The highest BCUT2D eigenvalue weighted by molar-refractivity contribution is 8.04. The quantitative estimate of drug-likeness (QED) is 0.380. The topological polar surface area (TPSA) is 70.0 Å². The van der Waals surface area contributed by atoms with Crippen LogP contribution in [0.3, 0.4) is 0 Å². The second-order valence-corrected chi connectivity index (χ2v) is 10.6. The number of nitrogens with zero attached hydrogens (tertiary/aromatic N) is 1. The van der Waals surface area contributed by atoms with Crippen LogP contribution in [-0.2, 0) is 15.6 Å². The first kappa shape index (κ1) is 23.6. The maximum Gasteiger partial charge on any atom is 0.219 e. The first-order valence-electron chi connectivity index (χ1n) is 10.3. The lowest BCUT2D eigenvalue weighted by atomic mass is 10.0. The second kappa shape index (κ2) is 10.5. The third-order valence-electron chi connectivity index (χ3n) is 4.97. The minimum absolute atomic E-state index is 0.0990. The fourth-order valence-electron chi connectivity index (χ4n) is 3.03. The minimum atomic E-state index is -3.97. The summed E-state index contributed by atoms with van der Waals surface area (Å²) in [5.41, 5.74) is 4.12. The molecule has 0 amide bonds. The van der Waals surface area contributed by atoms with Crippen LogP contribution in [0.5, 0.6) is 0 Å². The second-order valence-electron chi connectivity index (χ2n) is 7.76. The van der Waals surface area contributed by atoms with E-state index in [0.29, 0.717) is 16.7 Å². The Morgan fingerprint density at radius 3 is 2.16 bits per heavy atom. The molecule has 32 heavy (non-hydrogen) atoms. The number of sulfone groups is 1. The van der Waals surface area contributed by atoms with E-state index in [2.05, 4.69) is 19.2 Å². The predicted molar refractivity (Wildman–Crippen MR) is 133 cm³/mol. The summed E-state index contributed by atoms with van der Waals surface area (Å²) in [6.07, 6.45) is 0. The van der Waals surface area contributed by atoms with Crippen molar-refractivity contribution in [2.75, 3.05) is 5.32 Å². The highest BCUT2D eigenvalue weighted by Crippen LogP contribution is 2.31. The molecule has 0 radical (unpaired) electrons. The first-order chi connectivity index (χ1) is 15.3. The third kappa shape index (κ3) is 5.82. The van der Waals surface area contributed by atoms with Gasteiger partial charge in [-0.3, -0.25) is 0 Å². The number of anilines is 1. The van der Waals surface area contributed by atoms with E-state index in [4.69, 9.17) is 0 Å². The largest absolute Gasteiger partial charge is 0.349 e. The van der Waals surface area contributed by atoms with Crippen molar-refractivity contribution in [3.05, 3.63) is 105 Å². The van der Waals surface area contributed by atoms with E-state index in [1.54, 1.807) is 18.2 Å². The van der Waals surface area contributed by atoms with E-state index < -0.39 is 9.84 Å². The lowest BCUT2D eigenvalue weighted by molar-refractivity contribution is 0.603. The van der Waals surface area contributed by atoms with E-state index in [-0.39, 0.29) is 9.80 Å². The van der Waals surface area contributed by atoms with E-state index in [1.807, 2.05) is 61.5 Å². The van der Waals surface area contributed by atoms with Crippen molar-refractivity contribution in [1.29, 1.82) is 5.26 Å². The van der Waals surface area contributed by atoms with Gasteiger partial charge in [0.25, 0.3) is 0 Å². The van der Waals surface area contributed by atoms with Gasteiger partial charge in [-0.1, -0.05) is 74.0 Å². The Morgan fingerprint density at radius 2 is 1.59 bits per heavy atom. The Kier molecular flexibility index (Phi) is 7.79. The lowest BCUT2D eigenvalue weighted by Gasteiger charge is -2.15. The Morgan fingerprint density at radius 1 is 0.969 bits per heavy atom. The van der Waals surface area contributed by atoms with Gasteiger partial charge in [0, 0.05) is 11.4 Å². The number of nitriles is 1. The number of allylic oxidation sites excluding steroid dienone is 1. The van der Waals surface area contributed by atoms with Crippen LogP contribution in [0, 0.1) is 18.3 Å². The van der Waals surface area contributed by atoms with Crippen LogP contribution in [0.4, 0.5) is 5.69 Å². The van der Waals surface area contributed by atoms with Crippen molar-refractivity contribution in [3.63, 3.8) is 0 Å². The maximum absolute atomic E-state index is 13.3. The molecule has 0 aliphatic heterocycles. The van der Waals surface area contributed by atoms with E-state index >= 15 is 0 Å². The molecule has 3 aromatic rings. The first-order valence-corrected chi connectivity index (χ1v) is 12.8. The Bertz CT molecular complexity index is 1220. The van der Waals surface area contributed by atoms with Crippen molar-refractivity contribution in [3.8, 4) is 6.07 Å². The van der Waals surface area contributed by atoms with Crippen LogP contribution in [0.1, 0.15) is 36.5 Å². The molecule has 0 atom stereocenters. The molecule has 3 aromatic carbocycles. The molecule has 0 saturated carbocycles. The molecule has 0 aromatic heterocycles. The molecule has 164 valence electrons. The summed E-state index contributed by atoms with van der Waals surface area (Å²) in [5, 5.41) is 13.4. The summed E-state index contributed by atoms with van der Waals surface area (Å²) in [6.45, 7) is 6.25. The monoisotopic (exact) mass is 462 g/mol. The number of rotatable bonds is 8. The van der Waals surface area contributed by atoms with Crippen molar-refractivity contribution in [2.45, 2.75) is 37.3 Å². The molecular weight excluding hydrogens is 436 g/mol. The van der Waals surface area contributed by atoms with Crippen LogP contribution in [0.15, 0.2) is 93.7 Å². The molecule has 0 aliphatic rings. The van der Waals surface area contributed by atoms with Gasteiger partial charge < -0.3 is 5.32 Å². The van der Waals surface area contributed by atoms with Gasteiger partial charge in [0.2, 0.25) is 9.84 Å². The number of aryl methyl sites for hydroxylation is 1. The molecule has 1 N–H and O–H groups in total. The van der Waals surface area contributed by atoms with Gasteiger partial charge in [-0.05, 0) is 48.2 Å². The Labute approximate surface area is 194 Å². The fraction of sp³-hybridized carbons (Fsp3) is 0.192. The van der Waals surface area contributed by atoms with Crippen LogP contribution in [0.25, 0.3) is 0 Å². The highest BCUT2D eigenvalue weighted by atomic mass is 32.2. The van der Waals surface area contributed by atoms with Gasteiger partial charge in [-0.2, -0.15) is 5.26 Å². The normalized spacial score (nSPS) is 12.2. The van der Waals surface area contributed by atoms with Gasteiger partial charge in [0.15, 0.2) is 4.91 Å². The average molecular weight is 463 g/mol. The maximum atomic E-state index is 13.3. The van der Waals surface area contributed by atoms with Gasteiger partial charge in [-0.25, -0.2) is 8.42 Å². The SMILES string of the molecule is Cc1ccc(CSC(Nc2ccc(C(C)C)cc2)=C(C#N)S(=O)(=O)c2ccccc2)cc1. The minimum Gasteiger partial charge on any atom is -0.349 e. The van der Waals surface area contributed by atoms with Crippen molar-refractivity contribution in [2.24, 2.45) is 0 Å². The van der Waals surface area contributed by atoms with Crippen molar-refractivity contribution in [1.82, 2.24) is 0 Å². The molecule has 6 heteroatoms. The van der Waals surface area contributed by atoms with Gasteiger partial charge >= 0.3 is 0 Å². The zero-order valence-electron chi connectivity index (χ0n) is 18.4. The molecule has 0 saturated heterocycles. The van der Waals surface area contributed by atoms with Crippen molar-refractivity contribution >= 4 is 27.3 Å². The molecule has 0 spiro atoms. The Hall–Kier alpha value is -3.01. The van der Waals surface area contributed by atoms with Gasteiger partial charge in [0.05, 0.1) is 4.90 Å². The molecule has 0 bridgehead atoms. The molecule has 0 heterocycles. The molecular formula is C26H26N2O2S2. The van der Waals surface area contributed by atoms with Crippen LogP contribution in [0.2, 0.25) is 0 Å². The summed E-state index contributed by atoms with van der Waals surface area (Å²) in [6, 6.07) is 25.9. The summed E-state index contributed by atoms with van der Waals surface area (Å²) in [7, 11) is -3.97. The number of thioether (sulfide) groups is 1. The average Bonchev–Trinajstić information content (AvgIpc) is 2.79. The predicted octanol–water partition coefficient (Wildman–Crippen LogP) is 6.63. The number of benzene rings is 3. The molecule has 4 nitrogen and oxygen atoms in total. The van der Waals surface area contributed by atoms with Crippen molar-refractivity contribution < 1.29 is 8.42 Å². The number of hydrogen-bond donors (Lipinski definition) is 1. The van der Waals surface area contributed by atoms with Gasteiger partial charge in [-0.15, -0.1) is 11.8 Å².